The van der Waals surface area contributed by atoms with Crippen LogP contribution in [0.3, 0.4) is 0 Å². The SMILES string of the molecule is O=C(O)c1ccc(CC2CC(CN3CCN(c4ccc(F)cc4)CC3)C(=O)c3c2[nH]c2ccccc32)cc1. The molecule has 1 aromatic heterocycles. The number of nitrogens with zero attached hydrogens (tertiary/aromatic N) is 2. The maximum absolute atomic E-state index is 13.8. The number of carboxylic acid groups (broad SMARTS) is 1. The lowest BCUT2D eigenvalue weighted by Crippen LogP contribution is -2.49. The Morgan fingerprint density at radius 3 is 2.34 bits per heavy atom. The number of hydrogen-bond donors (Lipinski definition) is 2. The van der Waals surface area contributed by atoms with Crippen molar-refractivity contribution >= 4 is 28.3 Å². The number of anilines is 1. The molecule has 2 heterocycles. The van der Waals surface area contributed by atoms with E-state index in [0.717, 1.165) is 72.4 Å². The smallest absolute Gasteiger partial charge is 0.335 e. The number of piperazine rings is 1. The zero-order valence-electron chi connectivity index (χ0n) is 21.1. The lowest BCUT2D eigenvalue weighted by molar-refractivity contribution is 0.0696. The van der Waals surface area contributed by atoms with E-state index in [1.54, 1.807) is 12.1 Å². The van der Waals surface area contributed by atoms with E-state index in [0.29, 0.717) is 6.54 Å². The first-order valence-electron chi connectivity index (χ1n) is 13.2. The van der Waals surface area contributed by atoms with Crippen LogP contribution in [0.5, 0.6) is 0 Å². The molecule has 0 amide bonds. The third kappa shape index (κ3) is 4.70. The van der Waals surface area contributed by atoms with Crippen LogP contribution in [0.25, 0.3) is 10.9 Å². The molecule has 2 atom stereocenters. The van der Waals surface area contributed by atoms with Crippen LogP contribution in [0.4, 0.5) is 10.1 Å². The van der Waals surface area contributed by atoms with Crippen LogP contribution in [-0.4, -0.2) is 59.5 Å². The minimum absolute atomic E-state index is 0.109. The number of halogens is 1. The Balaban J connectivity index is 1.22. The summed E-state index contributed by atoms with van der Waals surface area (Å²) in [7, 11) is 0. The Hall–Kier alpha value is -3.97. The highest BCUT2D eigenvalue weighted by molar-refractivity contribution is 6.11. The summed E-state index contributed by atoms with van der Waals surface area (Å²) in [6.07, 6.45) is 1.49. The molecule has 7 heteroatoms. The molecule has 1 aliphatic carbocycles. The minimum atomic E-state index is -0.933. The van der Waals surface area contributed by atoms with Crippen molar-refractivity contribution in [2.45, 2.75) is 18.8 Å². The van der Waals surface area contributed by atoms with Crippen LogP contribution in [0.1, 0.15) is 44.3 Å². The average molecular weight is 512 g/mol. The van der Waals surface area contributed by atoms with E-state index < -0.39 is 5.97 Å². The predicted octanol–water partition coefficient (Wildman–Crippen LogP) is 5.36. The molecule has 1 saturated heterocycles. The van der Waals surface area contributed by atoms with Crippen LogP contribution >= 0.6 is 0 Å². The molecular weight excluding hydrogens is 481 g/mol. The maximum Gasteiger partial charge on any atom is 0.335 e. The fraction of sp³-hybridized carbons (Fsp3) is 0.290. The standard InChI is InChI=1S/C31H30FN3O3/c32-24-9-11-25(12-10-24)35-15-13-34(14-16-35)19-23-18-22(17-20-5-7-21(8-6-20)31(37)38)29-28(30(23)36)26-3-1-2-4-27(26)33-29/h1-12,22-23,33H,13-19H2,(H,37,38). The molecule has 194 valence electrons. The highest BCUT2D eigenvalue weighted by Gasteiger charge is 2.37. The van der Waals surface area contributed by atoms with Crippen molar-refractivity contribution in [1.82, 2.24) is 9.88 Å². The number of fused-ring (bicyclic) bond motifs is 3. The van der Waals surface area contributed by atoms with E-state index in [-0.39, 0.29) is 29.0 Å². The second-order valence-corrected chi connectivity index (χ2v) is 10.4. The number of aromatic nitrogens is 1. The van der Waals surface area contributed by atoms with Crippen LogP contribution < -0.4 is 4.90 Å². The third-order valence-corrected chi connectivity index (χ3v) is 8.06. The summed E-state index contributed by atoms with van der Waals surface area (Å²) in [4.78, 5) is 33.3. The first-order valence-corrected chi connectivity index (χ1v) is 13.2. The molecule has 2 unspecified atom stereocenters. The van der Waals surface area contributed by atoms with Gasteiger partial charge in [-0.05, 0) is 60.9 Å². The second kappa shape index (κ2) is 10.1. The van der Waals surface area contributed by atoms with Gasteiger partial charge in [0.05, 0.1) is 5.56 Å². The number of carboxylic acids is 1. The van der Waals surface area contributed by atoms with Gasteiger partial charge in [-0.25, -0.2) is 9.18 Å². The molecule has 3 aromatic carbocycles. The monoisotopic (exact) mass is 511 g/mol. The fourth-order valence-electron chi connectivity index (χ4n) is 6.07. The Labute approximate surface area is 220 Å². The molecule has 0 spiro atoms. The van der Waals surface area contributed by atoms with Crippen molar-refractivity contribution in [2.24, 2.45) is 5.92 Å². The molecule has 1 aliphatic heterocycles. The molecule has 6 nitrogen and oxygen atoms in total. The molecule has 2 aliphatic rings. The zero-order chi connectivity index (χ0) is 26.2. The van der Waals surface area contributed by atoms with Gasteiger partial charge in [0.2, 0.25) is 0 Å². The van der Waals surface area contributed by atoms with Crippen molar-refractivity contribution in [3.63, 3.8) is 0 Å². The molecule has 1 fully saturated rings. The van der Waals surface area contributed by atoms with Gasteiger partial charge in [0.25, 0.3) is 0 Å². The molecule has 0 saturated carbocycles. The average Bonchev–Trinajstić information content (AvgIpc) is 3.33. The largest absolute Gasteiger partial charge is 0.478 e. The van der Waals surface area contributed by atoms with Gasteiger partial charge < -0.3 is 15.0 Å². The number of benzene rings is 3. The number of hydrogen-bond acceptors (Lipinski definition) is 4. The van der Waals surface area contributed by atoms with E-state index in [9.17, 15) is 19.1 Å². The van der Waals surface area contributed by atoms with Crippen LogP contribution in [0, 0.1) is 11.7 Å². The molecule has 4 aromatic rings. The van der Waals surface area contributed by atoms with Crippen LogP contribution in [0.15, 0.2) is 72.8 Å². The molecule has 0 radical (unpaired) electrons. The van der Waals surface area contributed by atoms with Gasteiger partial charge in [0.15, 0.2) is 5.78 Å². The lowest BCUT2D eigenvalue weighted by atomic mass is 9.76. The molecule has 0 bridgehead atoms. The second-order valence-electron chi connectivity index (χ2n) is 10.4. The first-order chi connectivity index (χ1) is 18.5. The van der Waals surface area contributed by atoms with Gasteiger partial charge in [0.1, 0.15) is 5.82 Å². The number of rotatable bonds is 6. The zero-order valence-corrected chi connectivity index (χ0v) is 21.1. The lowest BCUT2D eigenvalue weighted by Gasteiger charge is -2.38. The van der Waals surface area contributed by atoms with Crippen molar-refractivity contribution in [3.05, 3.63) is 101 Å². The van der Waals surface area contributed by atoms with E-state index in [1.165, 1.54) is 12.1 Å². The number of aromatic amines is 1. The molecule has 2 N–H and O–H groups in total. The summed E-state index contributed by atoms with van der Waals surface area (Å²) in [5, 5.41) is 10.2. The Morgan fingerprint density at radius 2 is 1.63 bits per heavy atom. The maximum atomic E-state index is 13.8. The van der Waals surface area contributed by atoms with Crippen molar-refractivity contribution in [3.8, 4) is 0 Å². The first kappa shape index (κ1) is 24.4. The Kier molecular flexibility index (Phi) is 6.45. The van der Waals surface area contributed by atoms with Gasteiger partial charge in [0, 0.05) is 72.4 Å². The van der Waals surface area contributed by atoms with Gasteiger partial charge in [-0.1, -0.05) is 30.3 Å². The number of aromatic carboxylic acids is 1. The van der Waals surface area contributed by atoms with Gasteiger partial charge in [-0.3, -0.25) is 9.69 Å². The van der Waals surface area contributed by atoms with Crippen LogP contribution in [-0.2, 0) is 6.42 Å². The fourth-order valence-corrected chi connectivity index (χ4v) is 6.07. The van der Waals surface area contributed by atoms with Gasteiger partial charge in [-0.15, -0.1) is 0 Å². The number of H-pyrrole nitrogens is 1. The summed E-state index contributed by atoms with van der Waals surface area (Å²) in [6, 6.07) is 21.7. The van der Waals surface area contributed by atoms with Crippen LogP contribution in [0.2, 0.25) is 0 Å². The highest BCUT2D eigenvalue weighted by atomic mass is 19.1. The summed E-state index contributed by atoms with van der Waals surface area (Å²) >= 11 is 0. The quantitative estimate of drug-likeness (QED) is 0.365. The predicted molar refractivity (Wildman–Crippen MR) is 146 cm³/mol. The van der Waals surface area contributed by atoms with Crippen molar-refractivity contribution < 1.29 is 19.1 Å². The van der Waals surface area contributed by atoms with E-state index >= 15 is 0 Å². The molecule has 38 heavy (non-hydrogen) atoms. The van der Waals surface area contributed by atoms with E-state index in [2.05, 4.69) is 14.8 Å². The van der Waals surface area contributed by atoms with Crippen molar-refractivity contribution in [1.29, 1.82) is 0 Å². The summed E-state index contributed by atoms with van der Waals surface area (Å²) in [5.74, 6) is -0.931. The Morgan fingerprint density at radius 1 is 0.921 bits per heavy atom. The molecular formula is C31H30FN3O3. The Bertz CT molecular complexity index is 1470. The summed E-state index contributed by atoms with van der Waals surface area (Å²) in [6.45, 7) is 4.09. The third-order valence-electron chi connectivity index (χ3n) is 8.06. The number of nitrogens with one attached hydrogen (secondary N) is 1. The topological polar surface area (TPSA) is 76.6 Å². The number of carbonyl (C=O) groups excluding carboxylic acids is 1. The normalized spacial score (nSPS) is 20.0. The van der Waals surface area contributed by atoms with Gasteiger partial charge in [-0.2, -0.15) is 0 Å². The minimum Gasteiger partial charge on any atom is -0.478 e. The molecule has 6 rings (SSSR count). The summed E-state index contributed by atoms with van der Waals surface area (Å²) < 4.78 is 13.3. The van der Waals surface area contributed by atoms with E-state index in [4.69, 9.17) is 0 Å². The number of Topliss-reactive ketones (excluding diaryl/α,β-unsaturated/α-hetero) is 1. The van der Waals surface area contributed by atoms with Gasteiger partial charge >= 0.3 is 5.97 Å². The summed E-state index contributed by atoms with van der Waals surface area (Å²) in [5.41, 5.74) is 5.15. The highest BCUT2D eigenvalue weighted by Crippen LogP contribution is 2.40. The van der Waals surface area contributed by atoms with E-state index in [1.807, 2.05) is 48.5 Å². The number of para-hydroxylation sites is 1. The number of ketones is 1. The number of carbonyl (C=O) groups is 2. The van der Waals surface area contributed by atoms with Crippen molar-refractivity contribution in [2.75, 3.05) is 37.6 Å².